The predicted molar refractivity (Wildman–Crippen MR) is 85.4 cm³/mol. The van der Waals surface area contributed by atoms with Crippen LogP contribution in [0, 0.1) is 0 Å². The Morgan fingerprint density at radius 2 is 2.05 bits per heavy atom. The van der Waals surface area contributed by atoms with Gasteiger partial charge in [-0.2, -0.15) is 0 Å². The summed E-state index contributed by atoms with van der Waals surface area (Å²) in [5.41, 5.74) is 8.79. The smallest absolute Gasteiger partial charge is 0.150 e. The van der Waals surface area contributed by atoms with Gasteiger partial charge in [0.05, 0.1) is 5.52 Å². The van der Waals surface area contributed by atoms with Crippen molar-refractivity contribution in [2.75, 3.05) is 5.73 Å². The van der Waals surface area contributed by atoms with Crippen molar-refractivity contribution in [3.63, 3.8) is 0 Å². The maximum Gasteiger partial charge on any atom is 0.150 e. The number of anilines is 1. The Kier molecular flexibility index (Phi) is 3.33. The Morgan fingerprint density at radius 1 is 1.20 bits per heavy atom. The maximum atomic E-state index is 6.00. The summed E-state index contributed by atoms with van der Waals surface area (Å²) in [5, 5.41) is 2.15. The maximum absolute atomic E-state index is 6.00. The summed E-state index contributed by atoms with van der Waals surface area (Å²) in [6.07, 6.45) is 8.37. The summed E-state index contributed by atoms with van der Waals surface area (Å²) >= 11 is 0. The molecule has 0 unspecified atom stereocenters. The van der Waals surface area contributed by atoms with Crippen LogP contribution in [0.15, 0.2) is 42.6 Å². The normalized spacial score (nSPS) is 11.7. The predicted octanol–water partition coefficient (Wildman–Crippen LogP) is 4.18. The molecule has 2 N–H and O–H groups in total. The zero-order valence-corrected chi connectivity index (χ0v) is 11.5. The van der Waals surface area contributed by atoms with Gasteiger partial charge in [-0.15, -0.1) is 0 Å². The minimum atomic E-state index is 0.489. The number of hydrogen-bond donors (Lipinski definition) is 1. The van der Waals surface area contributed by atoms with Gasteiger partial charge in [-0.1, -0.05) is 43.7 Å². The molecule has 0 saturated carbocycles. The minimum absolute atomic E-state index is 0.489. The van der Waals surface area contributed by atoms with Gasteiger partial charge in [0.15, 0.2) is 5.82 Å². The van der Waals surface area contributed by atoms with Crippen molar-refractivity contribution in [3.8, 4) is 0 Å². The lowest BCUT2D eigenvalue weighted by atomic mass is 10.1. The number of fused-ring (bicyclic) bond motifs is 3. The van der Waals surface area contributed by atoms with Gasteiger partial charge >= 0.3 is 0 Å². The Bertz CT molecular complexity index is 791. The van der Waals surface area contributed by atoms with E-state index >= 15 is 0 Å². The molecule has 2 aromatic heterocycles. The quantitative estimate of drug-likeness (QED) is 0.721. The molecule has 1 aromatic carbocycles. The molecule has 3 aromatic rings. The summed E-state index contributed by atoms with van der Waals surface area (Å²) in [6, 6.07) is 10.2. The highest BCUT2D eigenvalue weighted by atomic mass is 14.9. The van der Waals surface area contributed by atoms with Crippen LogP contribution in [0.2, 0.25) is 0 Å². The Balaban J connectivity index is 2.23. The fraction of sp³-hybridized carbons (Fsp3) is 0.176. The average molecular weight is 263 g/mol. The standard InChI is InChI=1S/C17H17N3/c1-2-3-4-7-12-10-14-13-8-5-6-9-15(13)20-17(18)16(14)19-11-12/h4-11H,2-3H2,1H3,(H2,18,20). The van der Waals surface area contributed by atoms with E-state index in [1.807, 2.05) is 24.4 Å². The number of unbranched alkanes of at least 4 members (excludes halogenated alkanes) is 1. The van der Waals surface area contributed by atoms with Gasteiger partial charge in [-0.25, -0.2) is 4.98 Å². The first kappa shape index (κ1) is 12.6. The van der Waals surface area contributed by atoms with Crippen molar-refractivity contribution >= 4 is 33.7 Å². The number of benzene rings is 1. The van der Waals surface area contributed by atoms with Crippen LogP contribution in [0.5, 0.6) is 0 Å². The number of nitrogens with two attached hydrogens (primary N) is 1. The molecule has 3 nitrogen and oxygen atoms in total. The molecule has 20 heavy (non-hydrogen) atoms. The third-order valence-corrected chi connectivity index (χ3v) is 3.35. The zero-order valence-electron chi connectivity index (χ0n) is 11.5. The lowest BCUT2D eigenvalue weighted by Gasteiger charge is -2.06. The highest BCUT2D eigenvalue weighted by molar-refractivity contribution is 6.08. The molecule has 2 heterocycles. The van der Waals surface area contributed by atoms with Gasteiger partial charge in [0.2, 0.25) is 0 Å². The van der Waals surface area contributed by atoms with Gasteiger partial charge < -0.3 is 5.73 Å². The van der Waals surface area contributed by atoms with E-state index in [4.69, 9.17) is 5.73 Å². The molecule has 100 valence electrons. The van der Waals surface area contributed by atoms with Gasteiger partial charge in [0.1, 0.15) is 5.52 Å². The van der Waals surface area contributed by atoms with Gasteiger partial charge in [-0.05, 0) is 24.1 Å². The Labute approximate surface area is 118 Å². The van der Waals surface area contributed by atoms with Crippen molar-refractivity contribution < 1.29 is 0 Å². The van der Waals surface area contributed by atoms with E-state index in [-0.39, 0.29) is 0 Å². The number of hydrogen-bond acceptors (Lipinski definition) is 3. The highest BCUT2D eigenvalue weighted by Crippen LogP contribution is 2.27. The topological polar surface area (TPSA) is 51.8 Å². The zero-order chi connectivity index (χ0) is 13.9. The molecule has 0 bridgehead atoms. The van der Waals surface area contributed by atoms with E-state index < -0.39 is 0 Å². The third-order valence-electron chi connectivity index (χ3n) is 3.35. The summed E-state index contributed by atoms with van der Waals surface area (Å²) in [5.74, 6) is 0.489. The number of allylic oxidation sites excluding steroid dienone is 1. The highest BCUT2D eigenvalue weighted by Gasteiger charge is 2.07. The van der Waals surface area contributed by atoms with E-state index in [1.54, 1.807) is 0 Å². The summed E-state index contributed by atoms with van der Waals surface area (Å²) in [7, 11) is 0. The minimum Gasteiger partial charge on any atom is -0.382 e. The lowest BCUT2D eigenvalue weighted by Crippen LogP contribution is -1.95. The molecule has 0 fully saturated rings. The van der Waals surface area contributed by atoms with E-state index in [0.717, 1.165) is 40.2 Å². The first-order valence-electron chi connectivity index (χ1n) is 6.90. The second kappa shape index (κ2) is 5.29. The number of para-hydroxylation sites is 1. The van der Waals surface area contributed by atoms with E-state index in [2.05, 4.69) is 41.2 Å². The van der Waals surface area contributed by atoms with Gasteiger partial charge in [-0.3, -0.25) is 4.98 Å². The van der Waals surface area contributed by atoms with Crippen molar-refractivity contribution in [1.82, 2.24) is 9.97 Å². The molecule has 0 spiro atoms. The van der Waals surface area contributed by atoms with Crippen LogP contribution in [0.25, 0.3) is 27.9 Å². The first-order valence-corrected chi connectivity index (χ1v) is 6.90. The van der Waals surface area contributed by atoms with Crippen molar-refractivity contribution in [1.29, 1.82) is 0 Å². The molecular formula is C17H17N3. The van der Waals surface area contributed by atoms with E-state index in [1.165, 1.54) is 0 Å². The molecule has 3 heteroatoms. The van der Waals surface area contributed by atoms with Gasteiger partial charge in [0.25, 0.3) is 0 Å². The first-order chi connectivity index (χ1) is 9.79. The van der Waals surface area contributed by atoms with Crippen molar-refractivity contribution in [3.05, 3.63) is 48.2 Å². The molecule has 3 rings (SSSR count). The van der Waals surface area contributed by atoms with Gasteiger partial charge in [0, 0.05) is 17.0 Å². The molecule has 0 aliphatic carbocycles. The fourth-order valence-corrected chi connectivity index (χ4v) is 2.35. The number of rotatable bonds is 3. The number of nitrogen functional groups attached to an aromatic ring is 1. The number of nitrogens with zero attached hydrogens (tertiary/aromatic N) is 2. The third kappa shape index (κ3) is 2.23. The second-order valence-corrected chi connectivity index (χ2v) is 4.87. The van der Waals surface area contributed by atoms with Crippen LogP contribution in [0.1, 0.15) is 25.3 Å². The molecule has 0 atom stereocenters. The molecule has 0 aliphatic heterocycles. The number of aromatic nitrogens is 2. The van der Waals surface area contributed by atoms with Crippen LogP contribution in [0.4, 0.5) is 5.82 Å². The number of pyridine rings is 2. The van der Waals surface area contributed by atoms with Crippen LogP contribution >= 0.6 is 0 Å². The summed E-state index contributed by atoms with van der Waals surface area (Å²) in [4.78, 5) is 8.88. The Hall–Kier alpha value is -2.42. The van der Waals surface area contributed by atoms with E-state index in [0.29, 0.717) is 5.82 Å². The lowest BCUT2D eigenvalue weighted by molar-refractivity contribution is 0.962. The SMILES string of the molecule is CCCC=Cc1cnc2c(N)nc3ccccc3c2c1. The van der Waals surface area contributed by atoms with Crippen LogP contribution in [-0.2, 0) is 0 Å². The second-order valence-electron chi connectivity index (χ2n) is 4.87. The summed E-state index contributed by atoms with van der Waals surface area (Å²) < 4.78 is 0. The molecule has 0 aliphatic rings. The van der Waals surface area contributed by atoms with Crippen LogP contribution in [0.3, 0.4) is 0 Å². The molecule has 0 saturated heterocycles. The van der Waals surface area contributed by atoms with Crippen LogP contribution < -0.4 is 5.73 Å². The van der Waals surface area contributed by atoms with Crippen molar-refractivity contribution in [2.24, 2.45) is 0 Å². The average Bonchev–Trinajstić information content (AvgIpc) is 2.48. The van der Waals surface area contributed by atoms with E-state index in [9.17, 15) is 0 Å². The monoisotopic (exact) mass is 263 g/mol. The molecule has 0 radical (unpaired) electrons. The Morgan fingerprint density at radius 3 is 2.90 bits per heavy atom. The molecular weight excluding hydrogens is 246 g/mol. The van der Waals surface area contributed by atoms with Crippen molar-refractivity contribution in [2.45, 2.75) is 19.8 Å². The fourth-order valence-electron chi connectivity index (χ4n) is 2.35. The van der Waals surface area contributed by atoms with Crippen LogP contribution in [-0.4, -0.2) is 9.97 Å². The molecule has 0 amide bonds. The largest absolute Gasteiger partial charge is 0.382 e. The summed E-state index contributed by atoms with van der Waals surface area (Å²) in [6.45, 7) is 2.17.